The molecule has 37 heavy (non-hydrogen) atoms. The van der Waals surface area contributed by atoms with Crippen LogP contribution in [0.4, 0.5) is 5.82 Å². The highest BCUT2D eigenvalue weighted by Gasteiger charge is 2.49. The van der Waals surface area contributed by atoms with Crippen LogP contribution in [0.3, 0.4) is 0 Å². The molecule has 0 spiro atoms. The van der Waals surface area contributed by atoms with Gasteiger partial charge in [0.1, 0.15) is 42.4 Å². The molecule has 2 aromatic rings. The molecule has 0 radical (unpaired) electrons. The first kappa shape index (κ1) is 27.7. The van der Waals surface area contributed by atoms with Crippen LogP contribution in [0.15, 0.2) is 38.9 Å². The summed E-state index contributed by atoms with van der Waals surface area (Å²) in [4.78, 5) is 51.5. The third-order valence-corrected chi connectivity index (χ3v) is 7.29. The van der Waals surface area contributed by atoms with Crippen LogP contribution < -0.4 is 22.7 Å². The predicted octanol–water partition coefficient (Wildman–Crippen LogP) is -4.14. The number of nitrogens with one attached hydrogen (secondary N) is 1. The zero-order chi connectivity index (χ0) is 27.1. The summed E-state index contributed by atoms with van der Waals surface area (Å²) >= 11 is 4.97. The van der Waals surface area contributed by atoms with E-state index in [1.807, 2.05) is 4.98 Å². The van der Waals surface area contributed by atoms with Gasteiger partial charge in [-0.25, -0.2) is 9.59 Å². The van der Waals surface area contributed by atoms with E-state index in [1.165, 1.54) is 12.3 Å². The number of nitrogens with zero attached hydrogens (tertiary/aromatic N) is 3. The molecule has 17 nitrogen and oxygen atoms in total. The predicted molar refractivity (Wildman–Crippen MR) is 124 cm³/mol. The number of ether oxygens (including phenoxy) is 2. The molecule has 9 atom stereocenters. The quantitative estimate of drug-likeness (QED) is 0.150. The zero-order valence-electron chi connectivity index (χ0n) is 18.7. The van der Waals surface area contributed by atoms with Gasteiger partial charge in [0.15, 0.2) is 12.5 Å². The number of aliphatic hydroxyl groups excluding tert-OH is 4. The van der Waals surface area contributed by atoms with Crippen molar-refractivity contribution in [3.8, 4) is 0 Å². The van der Waals surface area contributed by atoms with Crippen LogP contribution in [0.1, 0.15) is 12.5 Å². The third kappa shape index (κ3) is 5.74. The molecule has 8 N–H and O–H groups in total. The summed E-state index contributed by atoms with van der Waals surface area (Å²) < 4.78 is 23.3. The van der Waals surface area contributed by atoms with E-state index in [0.717, 1.165) is 21.4 Å². The molecule has 0 aromatic carbocycles. The Bertz CT molecular complexity index is 1350. The lowest BCUT2D eigenvalue weighted by Crippen LogP contribution is -2.38. The molecule has 0 bridgehead atoms. The Kier molecular flexibility index (Phi) is 8.07. The summed E-state index contributed by atoms with van der Waals surface area (Å²) in [6, 6.07) is 2.30. The van der Waals surface area contributed by atoms with Crippen LogP contribution >= 0.6 is 6.72 Å². The van der Waals surface area contributed by atoms with Gasteiger partial charge in [0.2, 0.25) is 0 Å². The van der Waals surface area contributed by atoms with Crippen molar-refractivity contribution in [2.45, 2.75) is 49.1 Å². The minimum absolute atomic E-state index is 0.0615. The molecule has 0 aliphatic carbocycles. The van der Waals surface area contributed by atoms with E-state index >= 15 is 0 Å². The Hall–Kier alpha value is -2.35. The Morgan fingerprint density at radius 2 is 1.70 bits per heavy atom. The topological polar surface area (TPSA) is 254 Å². The summed E-state index contributed by atoms with van der Waals surface area (Å²) in [5.41, 5.74) is 3.05. The molecule has 0 saturated carbocycles. The Morgan fingerprint density at radius 3 is 2.35 bits per heavy atom. The molecule has 2 aliphatic heterocycles. The van der Waals surface area contributed by atoms with Crippen LogP contribution in [0.5, 0.6) is 0 Å². The molecule has 0 amide bonds. The summed E-state index contributed by atoms with van der Waals surface area (Å²) in [6.45, 7) is -5.50. The van der Waals surface area contributed by atoms with Crippen molar-refractivity contribution in [2.24, 2.45) is 0 Å². The highest BCUT2D eigenvalue weighted by molar-refractivity contribution is 8.07. The lowest BCUT2D eigenvalue weighted by Gasteiger charge is -2.26. The largest absolute Gasteiger partial charge is 0.394 e. The summed E-state index contributed by atoms with van der Waals surface area (Å²) in [5, 5.41) is 41.0. The van der Waals surface area contributed by atoms with Crippen LogP contribution in [0, 0.1) is 0 Å². The molecule has 2 saturated heterocycles. The fourth-order valence-electron chi connectivity index (χ4n) is 3.92. The number of nitrogen functional groups attached to an aromatic ring is 1. The van der Waals surface area contributed by atoms with Crippen molar-refractivity contribution in [3.05, 3.63) is 55.8 Å². The average Bonchev–Trinajstić information content (AvgIpc) is 3.28. The van der Waals surface area contributed by atoms with Gasteiger partial charge in [-0.15, -0.1) is 0 Å². The van der Waals surface area contributed by atoms with E-state index in [0.29, 0.717) is 0 Å². The second-order valence-electron chi connectivity index (χ2n) is 8.18. The number of hydrogen-bond acceptors (Lipinski definition) is 14. The van der Waals surface area contributed by atoms with E-state index in [2.05, 4.69) is 4.98 Å². The molecular weight excluding hydrogens is 541 g/mol. The van der Waals surface area contributed by atoms with Crippen LogP contribution in [0.25, 0.3) is 0 Å². The normalized spacial score (nSPS) is 33.4. The Balaban J connectivity index is 1.43. The van der Waals surface area contributed by atoms with Crippen molar-refractivity contribution in [3.63, 3.8) is 0 Å². The second kappa shape index (κ2) is 10.8. The number of rotatable bonds is 8. The molecule has 4 heterocycles. The SMILES string of the molecule is Nc1ccn([C@@H]2O[C@H](CO)[C@@H](OP(O)(=S)OC[C@H]3O[C@@H](n4ccc(=O)[nH]c4=O)[C@H](O)[C@@H]3O)[C@H]2O)c(=O)n1. The highest BCUT2D eigenvalue weighted by Crippen LogP contribution is 2.49. The fourth-order valence-corrected chi connectivity index (χ4v) is 5.37. The molecule has 19 heteroatoms. The molecule has 1 unspecified atom stereocenters. The van der Waals surface area contributed by atoms with Crippen LogP contribution in [0.2, 0.25) is 0 Å². The fraction of sp³-hybridized carbons (Fsp3) is 0.556. The lowest BCUT2D eigenvalue weighted by atomic mass is 10.1. The number of aromatic nitrogens is 4. The number of nitrogens with two attached hydrogens (primary N) is 1. The van der Waals surface area contributed by atoms with Gasteiger partial charge in [-0.05, 0) is 17.9 Å². The van der Waals surface area contributed by atoms with Crippen molar-refractivity contribution >= 4 is 24.3 Å². The molecule has 4 rings (SSSR count). The minimum Gasteiger partial charge on any atom is -0.394 e. The second-order valence-corrected chi connectivity index (χ2v) is 11.0. The van der Waals surface area contributed by atoms with Gasteiger partial charge in [-0.3, -0.25) is 23.4 Å². The molecule has 2 aromatic heterocycles. The van der Waals surface area contributed by atoms with Gasteiger partial charge in [0.25, 0.3) is 5.56 Å². The molecule has 204 valence electrons. The molecule has 2 fully saturated rings. The summed E-state index contributed by atoms with van der Waals surface area (Å²) in [7, 11) is 0. The zero-order valence-corrected chi connectivity index (χ0v) is 20.4. The maximum absolute atomic E-state index is 12.1. The first-order valence-electron chi connectivity index (χ1n) is 10.7. The van der Waals surface area contributed by atoms with Gasteiger partial charge in [0.05, 0.1) is 13.2 Å². The third-order valence-electron chi connectivity index (χ3n) is 5.73. The minimum atomic E-state index is -4.20. The Morgan fingerprint density at radius 1 is 1.05 bits per heavy atom. The maximum atomic E-state index is 12.1. The summed E-state index contributed by atoms with van der Waals surface area (Å²) in [6.07, 6.45) is -9.21. The van der Waals surface area contributed by atoms with Gasteiger partial charge in [-0.1, -0.05) is 0 Å². The van der Waals surface area contributed by atoms with Gasteiger partial charge in [0, 0.05) is 18.5 Å². The average molecular weight is 565 g/mol. The smallest absolute Gasteiger partial charge is 0.351 e. The van der Waals surface area contributed by atoms with Crippen molar-refractivity contribution < 1.29 is 43.8 Å². The number of hydrogen-bond donors (Lipinski definition) is 7. The molecular formula is C18H24N5O12PS. The standard InChI is InChI=1S/C18H24N5O12PS/c19-9-1-3-22(17(29)20-9)16-13(28)14(7(5-24)33-16)35-36(31,37)32-6-8-11(26)12(27)15(34-8)23-4-2-10(25)21-18(23)30/h1-4,7-8,11-16,24,26-28H,5-6H2,(H,31,37)(H2,19,20,29)(H,21,25,30)/t7-,8-,11-,12-,13-,14-,15-,16-,36?/m1/s1. The summed E-state index contributed by atoms with van der Waals surface area (Å²) in [5.74, 6) is -0.0615. The van der Waals surface area contributed by atoms with Crippen molar-refractivity contribution in [1.29, 1.82) is 0 Å². The first-order chi connectivity index (χ1) is 17.4. The Labute approximate surface area is 211 Å². The highest BCUT2D eigenvalue weighted by atomic mass is 32.5. The number of aromatic amines is 1. The first-order valence-corrected chi connectivity index (χ1v) is 13.3. The van der Waals surface area contributed by atoms with Crippen LogP contribution in [-0.4, -0.2) is 94.3 Å². The van der Waals surface area contributed by atoms with Gasteiger partial charge in [-0.2, -0.15) is 4.98 Å². The van der Waals surface area contributed by atoms with E-state index < -0.39 is 86.0 Å². The molecule has 2 aliphatic rings. The van der Waals surface area contributed by atoms with Gasteiger partial charge < -0.3 is 45.1 Å². The maximum Gasteiger partial charge on any atom is 0.351 e. The van der Waals surface area contributed by atoms with E-state index in [9.17, 15) is 39.7 Å². The van der Waals surface area contributed by atoms with E-state index in [1.54, 1.807) is 0 Å². The number of H-pyrrole nitrogens is 1. The monoisotopic (exact) mass is 565 g/mol. The lowest BCUT2D eigenvalue weighted by molar-refractivity contribution is -0.0582. The van der Waals surface area contributed by atoms with Crippen LogP contribution in [-0.2, 0) is 30.3 Å². The van der Waals surface area contributed by atoms with E-state index in [4.69, 9.17) is 36.1 Å². The number of aliphatic hydroxyl groups is 4. The van der Waals surface area contributed by atoms with Crippen molar-refractivity contribution in [1.82, 2.24) is 19.1 Å². The van der Waals surface area contributed by atoms with Crippen molar-refractivity contribution in [2.75, 3.05) is 18.9 Å². The van der Waals surface area contributed by atoms with E-state index in [-0.39, 0.29) is 5.82 Å². The number of anilines is 1. The van der Waals surface area contributed by atoms with Gasteiger partial charge >= 0.3 is 18.1 Å².